The van der Waals surface area contributed by atoms with Crippen LogP contribution in [-0.4, -0.2) is 109 Å². The fourth-order valence-electron chi connectivity index (χ4n) is 6.15. The Balaban J connectivity index is 1.20. The highest BCUT2D eigenvalue weighted by molar-refractivity contribution is 8.00. The van der Waals surface area contributed by atoms with Crippen molar-refractivity contribution >= 4 is 67.9 Å². The Labute approximate surface area is 256 Å². The monoisotopic (exact) mass is 637 g/mol. The number of pyridine rings is 1. The molecule has 5 rings (SSSR count). The van der Waals surface area contributed by atoms with E-state index in [0.29, 0.717) is 61.5 Å². The van der Waals surface area contributed by atoms with Crippen molar-refractivity contribution in [2.45, 2.75) is 50.7 Å². The van der Waals surface area contributed by atoms with Crippen molar-refractivity contribution in [2.24, 2.45) is 0 Å². The smallest absolute Gasteiger partial charge is 0.274 e. The minimum atomic E-state index is -2.15. The molecular weight excluding hydrogens is 601 g/mol. The first kappa shape index (κ1) is 30.6. The number of piperazine rings is 1. The molecule has 42 heavy (non-hydrogen) atoms. The second-order valence-electron chi connectivity index (χ2n) is 11.2. The second-order valence-corrected chi connectivity index (χ2v) is 14.6. The minimum absolute atomic E-state index is 0.00398. The SMILES string of the molecule is C=S1(=O)CCC(NC(=O)c2nc(Cl)c(N3CCN(C4CCN(C(=O)c5ccc(Cl)nc5N)CC4)[C@@H](CC)C3)nc2N)C1. The Kier molecular flexibility index (Phi) is 9.02. The van der Waals surface area contributed by atoms with E-state index in [9.17, 15) is 13.8 Å². The predicted octanol–water partition coefficient (Wildman–Crippen LogP) is 1.77. The van der Waals surface area contributed by atoms with Crippen LogP contribution in [0, 0.1) is 0 Å². The summed E-state index contributed by atoms with van der Waals surface area (Å²) in [6.07, 6.45) is 3.22. The van der Waals surface area contributed by atoms with Crippen molar-refractivity contribution in [3.8, 4) is 0 Å². The van der Waals surface area contributed by atoms with Crippen molar-refractivity contribution < 1.29 is 13.8 Å². The molecule has 0 spiro atoms. The van der Waals surface area contributed by atoms with Crippen molar-refractivity contribution in [1.82, 2.24) is 30.1 Å². The molecule has 3 atom stereocenters. The molecule has 228 valence electrons. The summed E-state index contributed by atoms with van der Waals surface area (Å²) < 4.78 is 12.2. The van der Waals surface area contributed by atoms with E-state index in [1.54, 1.807) is 12.1 Å². The van der Waals surface area contributed by atoms with Gasteiger partial charge in [0.25, 0.3) is 11.8 Å². The van der Waals surface area contributed by atoms with Crippen molar-refractivity contribution in [2.75, 3.05) is 60.6 Å². The Morgan fingerprint density at radius 1 is 1.07 bits per heavy atom. The number of nitrogens with one attached hydrogen (secondary N) is 1. The molecule has 5 heterocycles. The number of piperidine rings is 1. The third-order valence-electron chi connectivity index (χ3n) is 8.40. The predicted molar refractivity (Wildman–Crippen MR) is 168 cm³/mol. The van der Waals surface area contributed by atoms with Crippen LogP contribution in [-0.2, 0) is 9.52 Å². The van der Waals surface area contributed by atoms with Crippen LogP contribution in [0.1, 0.15) is 53.5 Å². The molecule has 12 nitrogen and oxygen atoms in total. The Bertz CT molecular complexity index is 1470. The lowest BCUT2D eigenvalue weighted by Crippen LogP contribution is -2.58. The number of amides is 2. The van der Waals surface area contributed by atoms with E-state index in [0.717, 1.165) is 25.8 Å². The molecule has 3 aliphatic heterocycles. The van der Waals surface area contributed by atoms with E-state index in [1.807, 2.05) is 4.90 Å². The van der Waals surface area contributed by atoms with Crippen LogP contribution in [0.25, 0.3) is 0 Å². The summed E-state index contributed by atoms with van der Waals surface area (Å²) in [5, 5.41) is 3.22. The van der Waals surface area contributed by atoms with Gasteiger partial charge in [0.2, 0.25) is 0 Å². The number of carbonyl (C=O) groups is 2. The van der Waals surface area contributed by atoms with Gasteiger partial charge in [0.05, 0.1) is 5.56 Å². The molecule has 2 unspecified atom stereocenters. The zero-order valence-electron chi connectivity index (χ0n) is 23.6. The lowest BCUT2D eigenvalue weighted by Gasteiger charge is -2.47. The van der Waals surface area contributed by atoms with E-state index >= 15 is 0 Å². The fourth-order valence-corrected chi connectivity index (χ4v) is 8.42. The van der Waals surface area contributed by atoms with Gasteiger partial charge < -0.3 is 26.6 Å². The summed E-state index contributed by atoms with van der Waals surface area (Å²) >= 11 is 12.4. The van der Waals surface area contributed by atoms with Crippen LogP contribution >= 0.6 is 23.2 Å². The van der Waals surface area contributed by atoms with Crippen LogP contribution in [0.15, 0.2) is 12.1 Å². The van der Waals surface area contributed by atoms with Gasteiger partial charge >= 0.3 is 0 Å². The van der Waals surface area contributed by atoms with Gasteiger partial charge in [0.1, 0.15) is 11.0 Å². The molecule has 15 heteroatoms. The highest BCUT2D eigenvalue weighted by atomic mass is 35.5. The topological polar surface area (TPSA) is 164 Å². The van der Waals surface area contributed by atoms with E-state index < -0.39 is 15.4 Å². The third kappa shape index (κ3) is 6.53. The average molecular weight is 639 g/mol. The molecule has 0 aromatic carbocycles. The van der Waals surface area contributed by atoms with Crippen LogP contribution in [0.2, 0.25) is 10.3 Å². The lowest BCUT2D eigenvalue weighted by molar-refractivity contribution is 0.0491. The van der Waals surface area contributed by atoms with Gasteiger partial charge in [-0.15, -0.1) is 0 Å². The summed E-state index contributed by atoms with van der Waals surface area (Å²) in [7, 11) is -2.15. The van der Waals surface area contributed by atoms with Gasteiger partial charge in [-0.25, -0.2) is 15.0 Å². The number of nitrogens with two attached hydrogens (primary N) is 2. The zero-order chi connectivity index (χ0) is 30.2. The molecule has 2 aromatic heterocycles. The van der Waals surface area contributed by atoms with Gasteiger partial charge in [-0.2, -0.15) is 0 Å². The molecular formula is C27H37Cl2N9O3S. The summed E-state index contributed by atoms with van der Waals surface area (Å²) in [5.41, 5.74) is 12.5. The maximum Gasteiger partial charge on any atom is 0.274 e. The number of halogens is 2. The van der Waals surface area contributed by atoms with Crippen molar-refractivity contribution in [1.29, 1.82) is 0 Å². The van der Waals surface area contributed by atoms with Crippen LogP contribution < -0.4 is 21.7 Å². The lowest BCUT2D eigenvalue weighted by atomic mass is 9.97. The normalized spacial score (nSPS) is 25.5. The summed E-state index contributed by atoms with van der Waals surface area (Å²) in [6, 6.07) is 3.54. The zero-order valence-corrected chi connectivity index (χ0v) is 25.9. The van der Waals surface area contributed by atoms with Crippen LogP contribution in [0.4, 0.5) is 17.5 Å². The molecule has 2 aromatic rings. The summed E-state index contributed by atoms with van der Waals surface area (Å²) in [5.74, 6) is 4.56. The molecule has 0 aliphatic carbocycles. The highest BCUT2D eigenvalue weighted by Gasteiger charge is 2.36. The van der Waals surface area contributed by atoms with E-state index in [4.69, 9.17) is 34.7 Å². The minimum Gasteiger partial charge on any atom is -0.383 e. The van der Waals surface area contributed by atoms with E-state index in [2.05, 4.69) is 42.9 Å². The standard InChI is InChI=1S/C27H37Cl2N9O3S/c1-3-17-14-37(25-22(29)34-21(24(31)35-25)26(39)32-16-8-13-42(2,41)15-16)11-12-38(17)18-6-9-36(10-7-18)27(40)19-4-5-20(28)33-23(19)30/h4-5,16-18H,2-3,6-15H2,1H3,(H2,30,33)(H2,31,35)(H,32,39)/t16?,17-,42?/m0/s1. The van der Waals surface area contributed by atoms with E-state index in [1.165, 1.54) is 0 Å². The maximum atomic E-state index is 13.0. The number of hydrogen-bond acceptors (Lipinski definition) is 10. The van der Waals surface area contributed by atoms with Crippen molar-refractivity contribution in [3.63, 3.8) is 0 Å². The number of nitrogen functional groups attached to an aromatic ring is 2. The second kappa shape index (κ2) is 12.4. The number of anilines is 3. The number of nitrogens with zero attached hydrogens (tertiary/aromatic N) is 6. The first-order valence-corrected chi connectivity index (χ1v) is 17.0. The van der Waals surface area contributed by atoms with Gasteiger partial charge in [-0.1, -0.05) is 30.1 Å². The van der Waals surface area contributed by atoms with Gasteiger partial charge in [0.15, 0.2) is 22.5 Å². The van der Waals surface area contributed by atoms with Gasteiger partial charge in [-0.05, 0) is 53.2 Å². The molecule has 0 radical (unpaired) electrons. The third-order valence-corrected chi connectivity index (χ3v) is 10.9. The Hall–Kier alpha value is -2.87. The van der Waals surface area contributed by atoms with Gasteiger partial charge in [-0.3, -0.25) is 18.7 Å². The highest BCUT2D eigenvalue weighted by Crippen LogP contribution is 2.30. The number of likely N-dealkylation sites (tertiary alicyclic amines) is 1. The molecule has 3 saturated heterocycles. The fraction of sp³-hybridized carbons (Fsp3) is 0.556. The number of hydrogen-bond donors (Lipinski definition) is 3. The Morgan fingerprint density at radius 3 is 2.45 bits per heavy atom. The Morgan fingerprint density at radius 2 is 1.81 bits per heavy atom. The van der Waals surface area contributed by atoms with Crippen molar-refractivity contribution in [3.05, 3.63) is 33.7 Å². The number of carbonyl (C=O) groups excluding carboxylic acids is 2. The first-order valence-electron chi connectivity index (χ1n) is 14.1. The largest absolute Gasteiger partial charge is 0.383 e. The molecule has 0 saturated carbocycles. The number of aromatic nitrogens is 3. The summed E-state index contributed by atoms with van der Waals surface area (Å²) in [6.45, 7) is 5.55. The van der Waals surface area contributed by atoms with Crippen LogP contribution in [0.3, 0.4) is 0 Å². The maximum absolute atomic E-state index is 13.0. The van der Waals surface area contributed by atoms with Crippen LogP contribution in [0.5, 0.6) is 0 Å². The number of rotatable bonds is 6. The molecule has 3 fully saturated rings. The quantitative estimate of drug-likeness (QED) is 0.314. The molecule has 0 bridgehead atoms. The van der Waals surface area contributed by atoms with E-state index in [-0.39, 0.29) is 45.6 Å². The van der Waals surface area contributed by atoms with Gasteiger partial charge in [0, 0.05) is 62.4 Å². The average Bonchev–Trinajstić information content (AvgIpc) is 3.31. The first-order chi connectivity index (χ1) is 20.0. The molecule has 3 aliphatic rings. The summed E-state index contributed by atoms with van der Waals surface area (Å²) in [4.78, 5) is 45.1. The molecule has 5 N–H and O–H groups in total. The molecule has 2 amide bonds.